The number of ether oxygens (including phenoxy) is 1. The van der Waals surface area contributed by atoms with Gasteiger partial charge in [-0.05, 0) is 62.9 Å². The van der Waals surface area contributed by atoms with Crippen LogP contribution in [0.4, 0.5) is 26.3 Å². The molecule has 2 N–H and O–H groups in total. The number of hydrogen-bond donors (Lipinski definition) is 2. The Balaban J connectivity index is 2.06. The van der Waals surface area contributed by atoms with Crippen molar-refractivity contribution in [1.29, 1.82) is 0 Å². The van der Waals surface area contributed by atoms with Crippen molar-refractivity contribution in [2.75, 3.05) is 20.2 Å². The fraction of sp³-hybridized carbons (Fsp3) is 0.650. The SMILES string of the molecule is CNC(=O)C[C@@H]1CC[C@](C)(CO[C@H](C)c2cc(C(F)(F)F)cc(C(F)(F)F)c2)NC1. The average Bonchev–Trinajstić information content (AvgIpc) is 2.66. The lowest BCUT2D eigenvalue weighted by atomic mass is 9.84. The van der Waals surface area contributed by atoms with Crippen LogP contribution >= 0.6 is 0 Å². The van der Waals surface area contributed by atoms with Crippen molar-refractivity contribution < 1.29 is 35.9 Å². The molecule has 0 saturated carbocycles. The van der Waals surface area contributed by atoms with E-state index in [0.717, 1.165) is 6.42 Å². The van der Waals surface area contributed by atoms with E-state index in [1.165, 1.54) is 6.92 Å². The van der Waals surface area contributed by atoms with Crippen LogP contribution in [0.25, 0.3) is 0 Å². The number of amides is 1. The number of hydrogen-bond acceptors (Lipinski definition) is 3. The minimum atomic E-state index is -4.90. The molecule has 10 heteroatoms. The second-order valence-electron chi connectivity index (χ2n) is 8.02. The molecule has 170 valence electrons. The first kappa shape index (κ1) is 24.5. The van der Waals surface area contributed by atoms with Crippen molar-refractivity contribution in [3.63, 3.8) is 0 Å². The highest BCUT2D eigenvalue weighted by Gasteiger charge is 2.38. The highest BCUT2D eigenvalue weighted by molar-refractivity contribution is 5.75. The number of benzene rings is 1. The summed E-state index contributed by atoms with van der Waals surface area (Å²) in [6, 6.07) is 1.48. The van der Waals surface area contributed by atoms with E-state index in [0.29, 0.717) is 31.5 Å². The smallest absolute Gasteiger partial charge is 0.372 e. The van der Waals surface area contributed by atoms with E-state index in [4.69, 9.17) is 4.74 Å². The van der Waals surface area contributed by atoms with E-state index in [2.05, 4.69) is 10.6 Å². The van der Waals surface area contributed by atoms with Gasteiger partial charge in [0.15, 0.2) is 0 Å². The van der Waals surface area contributed by atoms with Crippen molar-refractivity contribution in [1.82, 2.24) is 10.6 Å². The molecule has 1 heterocycles. The number of halogens is 6. The summed E-state index contributed by atoms with van der Waals surface area (Å²) < 4.78 is 83.9. The third-order valence-corrected chi connectivity index (χ3v) is 5.41. The summed E-state index contributed by atoms with van der Waals surface area (Å²) in [5, 5.41) is 5.86. The van der Waals surface area contributed by atoms with E-state index in [1.807, 2.05) is 6.92 Å². The largest absolute Gasteiger partial charge is 0.416 e. The molecule has 2 rings (SSSR count). The molecule has 0 aliphatic carbocycles. The van der Waals surface area contributed by atoms with Gasteiger partial charge in [0.05, 0.1) is 23.8 Å². The summed E-state index contributed by atoms with van der Waals surface area (Å²) in [6.45, 7) is 3.99. The number of nitrogens with one attached hydrogen (secondary N) is 2. The Morgan fingerprint density at radius 1 is 1.20 bits per heavy atom. The van der Waals surface area contributed by atoms with Crippen LogP contribution in [-0.2, 0) is 21.9 Å². The van der Waals surface area contributed by atoms with Crippen molar-refractivity contribution in [2.45, 2.75) is 57.1 Å². The molecule has 30 heavy (non-hydrogen) atoms. The van der Waals surface area contributed by atoms with Gasteiger partial charge in [-0.2, -0.15) is 26.3 Å². The average molecular weight is 440 g/mol. The van der Waals surface area contributed by atoms with Gasteiger partial charge in [0.25, 0.3) is 0 Å². The van der Waals surface area contributed by atoms with Gasteiger partial charge in [-0.3, -0.25) is 4.79 Å². The highest BCUT2D eigenvalue weighted by Crippen LogP contribution is 2.38. The molecule has 1 aromatic carbocycles. The molecule has 0 spiro atoms. The Morgan fingerprint density at radius 3 is 2.20 bits per heavy atom. The molecular formula is C20H26F6N2O2. The molecule has 3 atom stereocenters. The third-order valence-electron chi connectivity index (χ3n) is 5.41. The van der Waals surface area contributed by atoms with E-state index in [9.17, 15) is 31.1 Å². The normalized spacial score (nSPS) is 23.8. The van der Waals surface area contributed by atoms with Crippen LogP contribution in [0.3, 0.4) is 0 Å². The third kappa shape index (κ3) is 6.60. The molecule has 0 bridgehead atoms. The zero-order valence-corrected chi connectivity index (χ0v) is 17.0. The maximum absolute atomic E-state index is 13.0. The summed E-state index contributed by atoms with van der Waals surface area (Å²) in [5.41, 5.74) is -3.39. The predicted octanol–water partition coefficient (Wildman–Crippen LogP) is 4.70. The maximum atomic E-state index is 13.0. The second kappa shape index (κ2) is 9.13. The van der Waals surface area contributed by atoms with Crippen molar-refractivity contribution in [2.24, 2.45) is 5.92 Å². The van der Waals surface area contributed by atoms with Crippen molar-refractivity contribution >= 4 is 5.91 Å². The summed E-state index contributed by atoms with van der Waals surface area (Å²) >= 11 is 0. The first-order valence-corrected chi connectivity index (χ1v) is 9.60. The minimum Gasteiger partial charge on any atom is -0.372 e. The first-order chi connectivity index (χ1) is 13.7. The lowest BCUT2D eigenvalue weighted by molar-refractivity contribution is -0.143. The van der Waals surface area contributed by atoms with Crippen LogP contribution < -0.4 is 10.6 Å². The molecule has 0 unspecified atom stereocenters. The number of carbonyl (C=O) groups excluding carboxylic acids is 1. The van der Waals surface area contributed by atoms with Gasteiger partial charge in [0, 0.05) is 19.0 Å². The van der Waals surface area contributed by atoms with Crippen LogP contribution in [0.1, 0.15) is 55.9 Å². The molecule has 1 aliphatic heterocycles. The Hall–Kier alpha value is -1.81. The van der Waals surface area contributed by atoms with Crippen molar-refractivity contribution in [3.8, 4) is 0 Å². The maximum Gasteiger partial charge on any atom is 0.416 e. The van der Waals surface area contributed by atoms with Gasteiger partial charge in [-0.25, -0.2) is 0 Å². The fourth-order valence-electron chi connectivity index (χ4n) is 3.38. The van der Waals surface area contributed by atoms with Gasteiger partial charge < -0.3 is 15.4 Å². The van der Waals surface area contributed by atoms with E-state index >= 15 is 0 Å². The zero-order valence-electron chi connectivity index (χ0n) is 17.0. The predicted molar refractivity (Wildman–Crippen MR) is 98.6 cm³/mol. The first-order valence-electron chi connectivity index (χ1n) is 9.60. The monoisotopic (exact) mass is 440 g/mol. The molecule has 1 saturated heterocycles. The minimum absolute atomic E-state index is 0.0553. The van der Waals surface area contributed by atoms with E-state index in [-0.39, 0.29) is 30.1 Å². The molecule has 1 fully saturated rings. The number of piperidine rings is 1. The van der Waals surface area contributed by atoms with Crippen LogP contribution in [0, 0.1) is 5.92 Å². The summed E-state index contributed by atoms with van der Waals surface area (Å²) in [7, 11) is 1.57. The lowest BCUT2D eigenvalue weighted by Gasteiger charge is -2.39. The number of carbonyl (C=O) groups is 1. The van der Waals surface area contributed by atoms with Crippen LogP contribution in [-0.4, -0.2) is 31.6 Å². The Bertz CT molecular complexity index is 708. The molecule has 0 radical (unpaired) electrons. The Morgan fingerprint density at radius 2 is 1.77 bits per heavy atom. The number of alkyl halides is 6. The molecule has 1 aliphatic rings. The van der Waals surface area contributed by atoms with Gasteiger partial charge >= 0.3 is 12.4 Å². The lowest BCUT2D eigenvalue weighted by Crippen LogP contribution is -2.52. The van der Waals surface area contributed by atoms with E-state index < -0.39 is 35.1 Å². The quantitative estimate of drug-likeness (QED) is 0.631. The topological polar surface area (TPSA) is 50.4 Å². The summed E-state index contributed by atoms with van der Waals surface area (Å²) in [5.74, 6) is 0.105. The summed E-state index contributed by atoms with van der Waals surface area (Å²) in [4.78, 5) is 11.5. The summed E-state index contributed by atoms with van der Waals surface area (Å²) in [6.07, 6.45) is -8.94. The highest BCUT2D eigenvalue weighted by atomic mass is 19.4. The van der Waals surface area contributed by atoms with Gasteiger partial charge in [-0.1, -0.05) is 0 Å². The molecule has 4 nitrogen and oxygen atoms in total. The van der Waals surface area contributed by atoms with Crippen LogP contribution in [0.15, 0.2) is 18.2 Å². The van der Waals surface area contributed by atoms with Crippen LogP contribution in [0.2, 0.25) is 0 Å². The molecular weight excluding hydrogens is 414 g/mol. The van der Waals surface area contributed by atoms with Gasteiger partial charge in [-0.15, -0.1) is 0 Å². The van der Waals surface area contributed by atoms with Crippen LogP contribution in [0.5, 0.6) is 0 Å². The van der Waals surface area contributed by atoms with Crippen molar-refractivity contribution in [3.05, 3.63) is 34.9 Å². The Kier molecular flexibility index (Phi) is 7.45. The second-order valence-corrected chi connectivity index (χ2v) is 8.02. The zero-order chi connectivity index (χ0) is 22.7. The van der Waals surface area contributed by atoms with Gasteiger partial charge in [0.1, 0.15) is 0 Å². The molecule has 1 amide bonds. The van der Waals surface area contributed by atoms with E-state index in [1.54, 1.807) is 7.05 Å². The fourth-order valence-corrected chi connectivity index (χ4v) is 3.38. The van der Waals surface area contributed by atoms with Gasteiger partial charge in [0.2, 0.25) is 5.91 Å². The standard InChI is InChI=1S/C20H26F6N2O2/c1-12(14-7-15(19(21,22)23)9-16(8-14)20(24,25)26)30-11-18(2)5-4-13(10-28-18)6-17(29)27-3/h7-9,12-13,28H,4-6,10-11H2,1-3H3,(H,27,29)/t12-,13+,18-/m1/s1. The molecule has 0 aromatic heterocycles. The Labute approximate surface area is 171 Å². The number of rotatable bonds is 6. The molecule has 1 aromatic rings.